The van der Waals surface area contributed by atoms with E-state index in [1.807, 2.05) is 30.5 Å². The topological polar surface area (TPSA) is 98.9 Å². The Morgan fingerprint density at radius 1 is 1.14 bits per heavy atom. The van der Waals surface area contributed by atoms with Gasteiger partial charge in [0.25, 0.3) is 11.8 Å². The number of amides is 2. The fraction of sp³-hybridized carbons (Fsp3) is 0.318. The van der Waals surface area contributed by atoms with Crippen LogP contribution in [0.5, 0.6) is 0 Å². The predicted octanol–water partition coefficient (Wildman–Crippen LogP) is 1.46. The molecule has 1 aliphatic carbocycles. The van der Waals surface area contributed by atoms with E-state index in [9.17, 15) is 9.59 Å². The number of pyridine rings is 1. The van der Waals surface area contributed by atoms with E-state index in [2.05, 4.69) is 25.9 Å². The molecule has 7 nitrogen and oxygen atoms in total. The highest BCUT2D eigenvalue weighted by Gasteiger charge is 2.53. The van der Waals surface area contributed by atoms with Crippen LogP contribution in [0.15, 0.2) is 42.6 Å². The Labute approximate surface area is 168 Å². The number of carbonyl (C=O) groups is 2. The fourth-order valence-electron chi connectivity index (χ4n) is 4.42. The molecule has 0 spiro atoms. The third-order valence-electron chi connectivity index (χ3n) is 6.05. The molecule has 1 aliphatic heterocycles. The Morgan fingerprint density at radius 3 is 2.76 bits per heavy atom. The third kappa shape index (κ3) is 3.27. The molecule has 29 heavy (non-hydrogen) atoms. The maximum atomic E-state index is 12.9. The highest BCUT2D eigenvalue weighted by Crippen LogP contribution is 2.41. The van der Waals surface area contributed by atoms with Gasteiger partial charge in [0.05, 0.1) is 0 Å². The molecule has 2 fully saturated rings. The zero-order chi connectivity index (χ0) is 20.0. The summed E-state index contributed by atoms with van der Waals surface area (Å²) in [5, 5.41) is 10.2. The van der Waals surface area contributed by atoms with Crippen LogP contribution in [0.3, 0.4) is 0 Å². The second-order valence-corrected chi connectivity index (χ2v) is 7.83. The molecule has 1 aromatic carbocycles. The number of nitrogens with zero attached hydrogens (tertiary/aromatic N) is 1. The van der Waals surface area contributed by atoms with Gasteiger partial charge in [0.2, 0.25) is 0 Å². The van der Waals surface area contributed by atoms with Crippen LogP contribution in [0.2, 0.25) is 0 Å². The van der Waals surface area contributed by atoms with Crippen molar-refractivity contribution >= 4 is 22.7 Å². The molecule has 1 saturated heterocycles. The number of carbonyl (C=O) groups excluding carboxylic acids is 2. The van der Waals surface area contributed by atoms with Crippen molar-refractivity contribution in [3.63, 3.8) is 0 Å². The number of H-pyrrole nitrogens is 1. The summed E-state index contributed by atoms with van der Waals surface area (Å²) in [5.41, 5.74) is 3.58. The first-order chi connectivity index (χ1) is 14.1. The second kappa shape index (κ2) is 7.00. The summed E-state index contributed by atoms with van der Waals surface area (Å²) in [6.07, 6.45) is 2.45. The summed E-state index contributed by atoms with van der Waals surface area (Å²) in [7, 11) is 1.56. The Morgan fingerprint density at radius 2 is 1.97 bits per heavy atom. The molecular formula is C22H23N5O2. The number of aromatic nitrogens is 2. The molecule has 2 aromatic heterocycles. The van der Waals surface area contributed by atoms with E-state index in [0.29, 0.717) is 29.5 Å². The van der Waals surface area contributed by atoms with Crippen LogP contribution in [-0.4, -0.2) is 48.0 Å². The predicted molar refractivity (Wildman–Crippen MR) is 110 cm³/mol. The van der Waals surface area contributed by atoms with Crippen molar-refractivity contribution in [3.8, 4) is 0 Å². The molecule has 2 amide bonds. The van der Waals surface area contributed by atoms with Crippen LogP contribution in [0.4, 0.5) is 0 Å². The Bertz CT molecular complexity index is 1100. The highest BCUT2D eigenvalue weighted by molar-refractivity contribution is 5.99. The normalized spacial score (nSPS) is 22.3. The molecule has 0 bridgehead atoms. The Kier molecular flexibility index (Phi) is 4.32. The minimum Gasteiger partial charge on any atom is -0.361 e. The molecule has 2 unspecified atom stereocenters. The number of hydrogen-bond donors (Lipinski definition) is 4. The lowest BCUT2D eigenvalue weighted by Gasteiger charge is -2.11. The van der Waals surface area contributed by atoms with Gasteiger partial charge in [-0.3, -0.25) is 9.59 Å². The average Bonchev–Trinajstić information content (AvgIpc) is 3.14. The highest BCUT2D eigenvalue weighted by atomic mass is 16.2. The lowest BCUT2D eigenvalue weighted by molar-refractivity contribution is 0.0946. The zero-order valence-corrected chi connectivity index (χ0v) is 16.2. The first-order valence-corrected chi connectivity index (χ1v) is 9.93. The van der Waals surface area contributed by atoms with E-state index in [4.69, 9.17) is 0 Å². The van der Waals surface area contributed by atoms with Gasteiger partial charge in [0.1, 0.15) is 5.69 Å². The van der Waals surface area contributed by atoms with Gasteiger partial charge in [-0.25, -0.2) is 4.98 Å². The molecular weight excluding hydrogens is 366 g/mol. The van der Waals surface area contributed by atoms with Crippen LogP contribution < -0.4 is 16.0 Å². The maximum Gasteiger partial charge on any atom is 0.269 e. The standard InChI is InChI=1S/C22H23N5O2/c1-23-22(29)19-9-13(21(28)27-20-16-10-24-11-17(16)20)8-14(26-19)7-12-3-2-4-18-15(12)5-6-25-18/h2-6,8-9,16-17,20,24-25H,7,10-11H2,1H3,(H,23,29)(H,27,28). The summed E-state index contributed by atoms with van der Waals surface area (Å²) in [5.74, 6) is 0.626. The molecule has 0 radical (unpaired) electrons. The van der Waals surface area contributed by atoms with Gasteiger partial charge in [-0.05, 0) is 41.7 Å². The first kappa shape index (κ1) is 17.9. The van der Waals surface area contributed by atoms with Crippen LogP contribution in [0, 0.1) is 11.8 Å². The summed E-state index contributed by atoms with van der Waals surface area (Å²) in [6, 6.07) is 11.7. The number of rotatable bonds is 5. The number of piperidine rings is 1. The number of fused-ring (bicyclic) bond motifs is 2. The van der Waals surface area contributed by atoms with E-state index < -0.39 is 0 Å². The molecule has 3 heterocycles. The fourth-order valence-corrected chi connectivity index (χ4v) is 4.42. The third-order valence-corrected chi connectivity index (χ3v) is 6.05. The quantitative estimate of drug-likeness (QED) is 0.531. The lowest BCUT2D eigenvalue weighted by atomic mass is 10.0. The molecule has 1 saturated carbocycles. The van der Waals surface area contributed by atoms with Crippen molar-refractivity contribution < 1.29 is 9.59 Å². The molecule has 148 valence electrons. The second-order valence-electron chi connectivity index (χ2n) is 7.83. The minimum absolute atomic E-state index is 0.141. The van der Waals surface area contributed by atoms with E-state index in [-0.39, 0.29) is 23.6 Å². The average molecular weight is 389 g/mol. The SMILES string of the molecule is CNC(=O)c1cc(C(=O)NC2C3CNCC32)cc(Cc2cccc3[nH]ccc23)n1. The van der Waals surface area contributed by atoms with Gasteiger partial charge < -0.3 is 20.9 Å². The van der Waals surface area contributed by atoms with Crippen LogP contribution in [0.25, 0.3) is 10.9 Å². The van der Waals surface area contributed by atoms with Crippen LogP contribution >= 0.6 is 0 Å². The van der Waals surface area contributed by atoms with Gasteiger partial charge in [0, 0.05) is 61.0 Å². The smallest absolute Gasteiger partial charge is 0.269 e. The summed E-state index contributed by atoms with van der Waals surface area (Å²) < 4.78 is 0. The van der Waals surface area contributed by atoms with E-state index >= 15 is 0 Å². The Balaban J connectivity index is 1.44. The van der Waals surface area contributed by atoms with Gasteiger partial charge in [-0.15, -0.1) is 0 Å². The number of aromatic amines is 1. The van der Waals surface area contributed by atoms with Crippen LogP contribution in [0.1, 0.15) is 32.1 Å². The lowest BCUT2D eigenvalue weighted by Crippen LogP contribution is -2.33. The zero-order valence-electron chi connectivity index (χ0n) is 16.2. The van der Waals surface area contributed by atoms with Gasteiger partial charge in [-0.2, -0.15) is 0 Å². The maximum absolute atomic E-state index is 12.9. The molecule has 4 N–H and O–H groups in total. The number of nitrogens with one attached hydrogen (secondary N) is 4. The molecule has 5 rings (SSSR count). The van der Waals surface area contributed by atoms with Crippen molar-refractivity contribution in [2.75, 3.05) is 20.1 Å². The van der Waals surface area contributed by atoms with Gasteiger partial charge in [0.15, 0.2) is 0 Å². The summed E-state index contributed by atoms with van der Waals surface area (Å²) in [4.78, 5) is 32.8. The van der Waals surface area contributed by atoms with Crippen LogP contribution in [-0.2, 0) is 6.42 Å². The summed E-state index contributed by atoms with van der Waals surface area (Å²) >= 11 is 0. The molecule has 3 aromatic rings. The van der Waals surface area contributed by atoms with Crippen molar-refractivity contribution in [2.45, 2.75) is 12.5 Å². The largest absolute Gasteiger partial charge is 0.361 e. The van der Waals surface area contributed by atoms with Crippen molar-refractivity contribution in [2.24, 2.45) is 11.8 Å². The van der Waals surface area contributed by atoms with Crippen molar-refractivity contribution in [1.82, 2.24) is 25.9 Å². The molecule has 7 heteroatoms. The monoisotopic (exact) mass is 389 g/mol. The van der Waals surface area contributed by atoms with Crippen molar-refractivity contribution in [3.05, 3.63) is 65.1 Å². The first-order valence-electron chi connectivity index (χ1n) is 9.93. The van der Waals surface area contributed by atoms with Crippen molar-refractivity contribution in [1.29, 1.82) is 0 Å². The minimum atomic E-state index is -0.298. The van der Waals surface area contributed by atoms with E-state index in [1.54, 1.807) is 19.2 Å². The summed E-state index contributed by atoms with van der Waals surface area (Å²) in [6.45, 7) is 1.92. The Hall–Kier alpha value is -3.19. The number of benzene rings is 1. The van der Waals surface area contributed by atoms with Gasteiger partial charge >= 0.3 is 0 Å². The number of hydrogen-bond acceptors (Lipinski definition) is 4. The molecule has 2 aliphatic rings. The van der Waals surface area contributed by atoms with E-state index in [1.165, 1.54) is 0 Å². The molecule has 2 atom stereocenters. The van der Waals surface area contributed by atoms with E-state index in [0.717, 1.165) is 29.6 Å². The van der Waals surface area contributed by atoms with Gasteiger partial charge in [-0.1, -0.05) is 12.1 Å².